The van der Waals surface area contributed by atoms with E-state index in [4.69, 9.17) is 0 Å². The maximum absolute atomic E-state index is 2.55. The fourth-order valence-electron chi connectivity index (χ4n) is 1.94. The van der Waals surface area contributed by atoms with E-state index in [0.717, 1.165) is 6.54 Å². The number of nitrogens with zero attached hydrogens (tertiary/aromatic N) is 2. The van der Waals surface area contributed by atoms with Crippen LogP contribution >= 0.6 is 22.9 Å². The summed E-state index contributed by atoms with van der Waals surface area (Å²) in [6.07, 6.45) is 1.29. The van der Waals surface area contributed by atoms with Crippen molar-refractivity contribution in [3.05, 3.63) is 35.9 Å². The largest absolute Gasteiger partial charge is 0.298 e. The van der Waals surface area contributed by atoms with Crippen molar-refractivity contribution in [1.29, 1.82) is 0 Å². The zero-order valence-corrected chi connectivity index (χ0v) is 11.1. The van der Waals surface area contributed by atoms with Gasteiger partial charge in [0.05, 0.1) is 0 Å². The molecule has 0 unspecified atom stereocenters. The predicted molar refractivity (Wildman–Crippen MR) is 71.9 cm³/mol. The van der Waals surface area contributed by atoms with E-state index in [-0.39, 0.29) is 0 Å². The van der Waals surface area contributed by atoms with Crippen LogP contribution in [0.3, 0.4) is 0 Å². The Morgan fingerprint density at radius 1 is 1.00 bits per heavy atom. The SMILES string of the molecule is IN1CCCN(Cc2ccccc2)CC1. The maximum Gasteiger partial charge on any atom is 0.0234 e. The van der Waals surface area contributed by atoms with E-state index in [1.807, 2.05) is 0 Å². The normalized spacial score (nSPS) is 20.1. The molecule has 0 atom stereocenters. The van der Waals surface area contributed by atoms with E-state index >= 15 is 0 Å². The third-order valence-corrected chi connectivity index (χ3v) is 3.75. The van der Waals surface area contributed by atoms with Gasteiger partial charge < -0.3 is 0 Å². The van der Waals surface area contributed by atoms with Gasteiger partial charge in [-0.2, -0.15) is 0 Å². The summed E-state index contributed by atoms with van der Waals surface area (Å²) >= 11 is 2.43. The van der Waals surface area contributed by atoms with Crippen LogP contribution in [0.1, 0.15) is 12.0 Å². The Morgan fingerprint density at radius 3 is 2.60 bits per heavy atom. The molecule has 15 heavy (non-hydrogen) atoms. The molecule has 1 aromatic rings. The van der Waals surface area contributed by atoms with E-state index in [0.29, 0.717) is 0 Å². The second-order valence-electron chi connectivity index (χ2n) is 4.03. The first-order valence-corrected chi connectivity index (χ1v) is 6.48. The number of rotatable bonds is 2. The Bertz CT molecular complexity index is 289. The minimum absolute atomic E-state index is 1.10. The summed E-state index contributed by atoms with van der Waals surface area (Å²) in [5, 5.41) is 0. The molecule has 82 valence electrons. The Kier molecular flexibility index (Phi) is 4.41. The molecule has 0 bridgehead atoms. The minimum Gasteiger partial charge on any atom is -0.298 e. The van der Waals surface area contributed by atoms with Gasteiger partial charge in [-0.15, -0.1) is 0 Å². The lowest BCUT2D eigenvalue weighted by molar-refractivity contribution is 0.281. The molecule has 1 fully saturated rings. The average Bonchev–Trinajstić information content (AvgIpc) is 2.46. The lowest BCUT2D eigenvalue weighted by Gasteiger charge is -2.19. The van der Waals surface area contributed by atoms with Crippen LogP contribution in [-0.2, 0) is 6.54 Å². The van der Waals surface area contributed by atoms with Crippen molar-refractivity contribution >= 4 is 22.9 Å². The van der Waals surface area contributed by atoms with Crippen LogP contribution in [0, 0.1) is 0 Å². The van der Waals surface area contributed by atoms with Crippen molar-refractivity contribution in [2.75, 3.05) is 26.2 Å². The van der Waals surface area contributed by atoms with Gasteiger partial charge in [0, 0.05) is 49.0 Å². The summed E-state index contributed by atoms with van der Waals surface area (Å²) in [6, 6.07) is 10.8. The van der Waals surface area contributed by atoms with Crippen molar-refractivity contribution in [3.63, 3.8) is 0 Å². The summed E-state index contributed by atoms with van der Waals surface area (Å²) < 4.78 is 2.39. The second kappa shape index (κ2) is 5.82. The number of benzene rings is 1. The number of hydrogen-bond donors (Lipinski definition) is 0. The third-order valence-electron chi connectivity index (χ3n) is 2.78. The maximum atomic E-state index is 2.55. The highest BCUT2D eigenvalue weighted by Crippen LogP contribution is 2.10. The molecule has 1 saturated heterocycles. The highest BCUT2D eigenvalue weighted by atomic mass is 127. The van der Waals surface area contributed by atoms with E-state index < -0.39 is 0 Å². The Labute approximate surface area is 106 Å². The van der Waals surface area contributed by atoms with Crippen LogP contribution < -0.4 is 0 Å². The van der Waals surface area contributed by atoms with E-state index in [1.165, 1.54) is 38.2 Å². The van der Waals surface area contributed by atoms with Gasteiger partial charge in [0.25, 0.3) is 0 Å². The Hall–Kier alpha value is -0.130. The molecule has 0 radical (unpaired) electrons. The molecule has 1 heterocycles. The van der Waals surface area contributed by atoms with E-state index in [9.17, 15) is 0 Å². The van der Waals surface area contributed by atoms with Crippen LogP contribution in [0.4, 0.5) is 0 Å². The van der Waals surface area contributed by atoms with Gasteiger partial charge in [0.1, 0.15) is 0 Å². The van der Waals surface area contributed by atoms with Gasteiger partial charge in [-0.25, -0.2) is 3.11 Å². The summed E-state index contributed by atoms with van der Waals surface area (Å²) in [5.74, 6) is 0. The molecule has 1 aliphatic rings. The second-order valence-corrected chi connectivity index (χ2v) is 5.39. The molecule has 0 spiro atoms. The van der Waals surface area contributed by atoms with E-state index in [1.54, 1.807) is 0 Å². The quantitative estimate of drug-likeness (QED) is 0.611. The Morgan fingerprint density at radius 2 is 1.80 bits per heavy atom. The molecular weight excluding hydrogens is 299 g/mol. The van der Waals surface area contributed by atoms with Gasteiger partial charge >= 0.3 is 0 Å². The Balaban J connectivity index is 1.89. The summed E-state index contributed by atoms with van der Waals surface area (Å²) in [6.45, 7) is 5.94. The number of hydrogen-bond acceptors (Lipinski definition) is 2. The standard InChI is InChI=1S/C12H17IN2/c13-15-8-4-7-14(9-10-15)11-12-5-2-1-3-6-12/h1-3,5-6H,4,7-11H2. The van der Waals surface area contributed by atoms with Gasteiger partial charge in [0.15, 0.2) is 0 Å². The van der Waals surface area contributed by atoms with Gasteiger partial charge in [-0.05, 0) is 18.5 Å². The van der Waals surface area contributed by atoms with Crippen LogP contribution in [0.15, 0.2) is 30.3 Å². The smallest absolute Gasteiger partial charge is 0.0234 e. The first-order chi connectivity index (χ1) is 7.34. The molecule has 0 N–H and O–H groups in total. The topological polar surface area (TPSA) is 6.48 Å². The fourth-order valence-corrected chi connectivity index (χ4v) is 2.50. The predicted octanol–water partition coefficient (Wildman–Crippen LogP) is 2.54. The molecule has 0 saturated carbocycles. The molecular formula is C12H17IN2. The van der Waals surface area contributed by atoms with Crippen LogP contribution in [0.5, 0.6) is 0 Å². The van der Waals surface area contributed by atoms with E-state index in [2.05, 4.69) is 61.2 Å². The summed E-state index contributed by atoms with van der Waals surface area (Å²) in [4.78, 5) is 2.55. The van der Waals surface area contributed by atoms with Gasteiger partial charge in [-0.1, -0.05) is 30.3 Å². The summed E-state index contributed by atoms with van der Waals surface area (Å²) in [5.41, 5.74) is 1.43. The first kappa shape index (κ1) is 11.4. The minimum atomic E-state index is 1.10. The highest BCUT2D eigenvalue weighted by Gasteiger charge is 2.12. The molecule has 1 aromatic carbocycles. The van der Waals surface area contributed by atoms with Crippen molar-refractivity contribution in [3.8, 4) is 0 Å². The highest BCUT2D eigenvalue weighted by molar-refractivity contribution is 14.1. The van der Waals surface area contributed by atoms with Crippen molar-refractivity contribution < 1.29 is 0 Å². The first-order valence-electron chi connectivity index (χ1n) is 5.51. The lowest BCUT2D eigenvalue weighted by atomic mass is 10.2. The van der Waals surface area contributed by atoms with Crippen molar-refractivity contribution in [2.24, 2.45) is 0 Å². The van der Waals surface area contributed by atoms with Gasteiger partial charge in [0.2, 0.25) is 0 Å². The molecule has 3 heteroatoms. The number of halogens is 1. The van der Waals surface area contributed by atoms with Crippen LogP contribution in [0.25, 0.3) is 0 Å². The van der Waals surface area contributed by atoms with Crippen LogP contribution in [0.2, 0.25) is 0 Å². The molecule has 0 aliphatic carbocycles. The monoisotopic (exact) mass is 316 g/mol. The van der Waals surface area contributed by atoms with Crippen molar-refractivity contribution in [2.45, 2.75) is 13.0 Å². The molecule has 0 aromatic heterocycles. The average molecular weight is 316 g/mol. The molecule has 2 nitrogen and oxygen atoms in total. The zero-order valence-electron chi connectivity index (χ0n) is 8.90. The molecule has 1 aliphatic heterocycles. The van der Waals surface area contributed by atoms with Gasteiger partial charge in [-0.3, -0.25) is 4.90 Å². The molecule has 0 amide bonds. The molecule has 2 rings (SSSR count). The fraction of sp³-hybridized carbons (Fsp3) is 0.500. The van der Waals surface area contributed by atoms with Crippen molar-refractivity contribution in [1.82, 2.24) is 8.01 Å². The van der Waals surface area contributed by atoms with Crippen LogP contribution in [-0.4, -0.2) is 34.2 Å². The third kappa shape index (κ3) is 3.74. The lowest BCUT2D eigenvalue weighted by Crippen LogP contribution is -2.27. The zero-order chi connectivity index (χ0) is 10.5. The summed E-state index contributed by atoms with van der Waals surface area (Å²) in [7, 11) is 0.